The number of piperidine rings is 1. The zero-order valence-corrected chi connectivity index (χ0v) is 18.4. The molecule has 1 atom stereocenters. The molecule has 0 spiro atoms. The van der Waals surface area contributed by atoms with E-state index in [1.54, 1.807) is 0 Å². The lowest BCUT2D eigenvalue weighted by atomic mass is 10.1. The molecule has 6 nitrogen and oxygen atoms in total. The van der Waals surface area contributed by atoms with Crippen LogP contribution in [0.25, 0.3) is 21.8 Å². The van der Waals surface area contributed by atoms with Crippen molar-refractivity contribution in [2.45, 2.75) is 31.9 Å². The van der Waals surface area contributed by atoms with Crippen molar-refractivity contribution in [3.05, 3.63) is 49.4 Å². The van der Waals surface area contributed by atoms with Crippen LogP contribution in [-0.2, 0) is 6.54 Å². The normalized spacial score (nSPS) is 16.7. The molecule has 0 radical (unpaired) electrons. The molecule has 1 aromatic heterocycles. The van der Waals surface area contributed by atoms with E-state index < -0.39 is 6.10 Å². The highest BCUT2D eigenvalue weighted by molar-refractivity contribution is 9.10. The molecule has 3 aromatic rings. The topological polar surface area (TPSA) is 71.5 Å². The summed E-state index contributed by atoms with van der Waals surface area (Å²) < 4.78 is 3.48. The molecule has 0 unspecified atom stereocenters. The minimum absolute atomic E-state index is 0.0434. The van der Waals surface area contributed by atoms with Gasteiger partial charge in [-0.05, 0) is 50.2 Å². The van der Waals surface area contributed by atoms with Gasteiger partial charge in [-0.25, -0.2) is 0 Å². The third kappa shape index (κ3) is 3.83. The fourth-order valence-electron chi connectivity index (χ4n) is 4.19. The molecule has 2 heterocycles. The molecule has 148 valence electrons. The number of nitro benzene ring substituents is 1. The maximum Gasteiger partial charge on any atom is 0.294 e. The second-order valence-corrected chi connectivity index (χ2v) is 9.20. The Kier molecular flexibility index (Phi) is 5.73. The number of benzene rings is 2. The first-order chi connectivity index (χ1) is 13.4. The molecule has 1 fully saturated rings. The predicted octanol–water partition coefficient (Wildman–Crippen LogP) is 5.07. The molecule has 8 heteroatoms. The molecule has 0 amide bonds. The Morgan fingerprint density at radius 2 is 1.75 bits per heavy atom. The Morgan fingerprint density at radius 1 is 1.04 bits per heavy atom. The number of hydrogen-bond donors (Lipinski definition) is 1. The predicted molar refractivity (Wildman–Crippen MR) is 118 cm³/mol. The molecule has 1 aliphatic heterocycles. The van der Waals surface area contributed by atoms with Crippen LogP contribution in [0.1, 0.15) is 19.3 Å². The zero-order chi connectivity index (χ0) is 19.8. The highest BCUT2D eigenvalue weighted by Gasteiger charge is 2.24. The average molecular weight is 511 g/mol. The Bertz CT molecular complexity index is 1040. The van der Waals surface area contributed by atoms with Crippen LogP contribution in [0.3, 0.4) is 0 Å². The molecule has 1 N–H and O–H groups in total. The van der Waals surface area contributed by atoms with Crippen LogP contribution in [0.15, 0.2) is 39.3 Å². The number of fused-ring (bicyclic) bond motifs is 3. The summed E-state index contributed by atoms with van der Waals surface area (Å²) >= 11 is 6.90. The van der Waals surface area contributed by atoms with E-state index in [9.17, 15) is 15.2 Å². The summed E-state index contributed by atoms with van der Waals surface area (Å²) in [5.74, 6) is 0. The van der Waals surface area contributed by atoms with Gasteiger partial charge in [0.25, 0.3) is 5.69 Å². The standard InChI is InChI=1S/C20H21Br2N3O3/c21-13-4-5-18-16(8-13)17-9-14(22)10-19(25(27)28)20(17)24(18)12-15(26)11-23-6-2-1-3-7-23/h4-5,8-10,15,26H,1-3,6-7,11-12H2/t15-/m1/s1. The highest BCUT2D eigenvalue weighted by atomic mass is 79.9. The smallest absolute Gasteiger partial charge is 0.294 e. The van der Waals surface area contributed by atoms with E-state index in [-0.39, 0.29) is 10.6 Å². The first-order valence-electron chi connectivity index (χ1n) is 9.40. The summed E-state index contributed by atoms with van der Waals surface area (Å²) in [7, 11) is 0. The van der Waals surface area contributed by atoms with Gasteiger partial charge in [0.1, 0.15) is 5.52 Å². The summed E-state index contributed by atoms with van der Waals surface area (Å²) in [6.45, 7) is 2.91. The van der Waals surface area contributed by atoms with E-state index in [0.717, 1.165) is 46.7 Å². The van der Waals surface area contributed by atoms with Crippen LogP contribution in [0.2, 0.25) is 0 Å². The summed E-state index contributed by atoms with van der Waals surface area (Å²) in [6, 6.07) is 9.29. The second kappa shape index (κ2) is 8.10. The number of aromatic nitrogens is 1. The van der Waals surface area contributed by atoms with Gasteiger partial charge in [0, 0.05) is 37.8 Å². The average Bonchev–Trinajstić information content (AvgIpc) is 2.94. The number of aliphatic hydroxyl groups is 1. The van der Waals surface area contributed by atoms with Gasteiger partial charge in [-0.3, -0.25) is 10.1 Å². The summed E-state index contributed by atoms with van der Waals surface area (Å²) in [5.41, 5.74) is 1.48. The van der Waals surface area contributed by atoms with Crippen LogP contribution < -0.4 is 0 Å². The second-order valence-electron chi connectivity index (χ2n) is 7.37. The van der Waals surface area contributed by atoms with Crippen molar-refractivity contribution in [1.82, 2.24) is 9.47 Å². The van der Waals surface area contributed by atoms with Gasteiger partial charge in [0.2, 0.25) is 0 Å². The van der Waals surface area contributed by atoms with Crippen molar-refractivity contribution in [2.75, 3.05) is 19.6 Å². The molecule has 0 aliphatic carbocycles. The van der Waals surface area contributed by atoms with Crippen molar-refractivity contribution in [1.29, 1.82) is 0 Å². The van der Waals surface area contributed by atoms with Crippen molar-refractivity contribution < 1.29 is 10.0 Å². The van der Waals surface area contributed by atoms with E-state index in [1.807, 2.05) is 28.8 Å². The van der Waals surface area contributed by atoms with Crippen LogP contribution in [0.4, 0.5) is 5.69 Å². The van der Waals surface area contributed by atoms with E-state index in [2.05, 4.69) is 36.8 Å². The van der Waals surface area contributed by atoms with Gasteiger partial charge < -0.3 is 14.6 Å². The van der Waals surface area contributed by atoms with Crippen LogP contribution >= 0.6 is 31.9 Å². The fraction of sp³-hybridized carbons (Fsp3) is 0.400. The molecule has 1 saturated heterocycles. The lowest BCUT2D eigenvalue weighted by Gasteiger charge is -2.28. The molecular weight excluding hydrogens is 490 g/mol. The number of rotatable bonds is 5. The maximum atomic E-state index is 11.8. The minimum Gasteiger partial charge on any atom is -0.390 e. The molecule has 0 bridgehead atoms. The van der Waals surface area contributed by atoms with Gasteiger partial charge in [-0.2, -0.15) is 0 Å². The monoisotopic (exact) mass is 509 g/mol. The number of β-amino-alcohol motifs (C(OH)–C–C–N with tert-alkyl or cyclic N) is 1. The first-order valence-corrected chi connectivity index (χ1v) is 11.0. The lowest BCUT2D eigenvalue weighted by molar-refractivity contribution is -0.383. The SMILES string of the molecule is O=[N+]([O-])c1cc(Br)cc2c3cc(Br)ccc3n(C[C@H](O)CN3CCCCC3)c12. The van der Waals surface area contributed by atoms with E-state index in [0.29, 0.717) is 23.1 Å². The number of halogens is 2. The summed E-state index contributed by atoms with van der Waals surface area (Å²) in [6.07, 6.45) is 2.98. The van der Waals surface area contributed by atoms with Gasteiger partial charge in [0.05, 0.1) is 17.6 Å². The van der Waals surface area contributed by atoms with E-state index in [1.165, 1.54) is 12.5 Å². The molecule has 4 rings (SSSR count). The van der Waals surface area contributed by atoms with E-state index in [4.69, 9.17) is 0 Å². The molecule has 1 aliphatic rings. The number of likely N-dealkylation sites (tertiary alicyclic amines) is 1. The van der Waals surface area contributed by atoms with Gasteiger partial charge >= 0.3 is 0 Å². The summed E-state index contributed by atoms with van der Waals surface area (Å²) in [4.78, 5) is 13.7. The highest BCUT2D eigenvalue weighted by Crippen LogP contribution is 2.38. The summed E-state index contributed by atoms with van der Waals surface area (Å²) in [5, 5.41) is 24.3. The van der Waals surface area contributed by atoms with Crippen LogP contribution in [-0.4, -0.2) is 45.2 Å². The fourth-order valence-corrected chi connectivity index (χ4v) is 5.00. The van der Waals surface area contributed by atoms with E-state index >= 15 is 0 Å². The van der Waals surface area contributed by atoms with Gasteiger partial charge in [0.15, 0.2) is 0 Å². The quantitative estimate of drug-likeness (QED) is 0.384. The van der Waals surface area contributed by atoms with Gasteiger partial charge in [-0.15, -0.1) is 0 Å². The number of nitro groups is 1. The zero-order valence-electron chi connectivity index (χ0n) is 15.3. The molecule has 28 heavy (non-hydrogen) atoms. The van der Waals surface area contributed by atoms with Crippen molar-refractivity contribution >= 4 is 59.4 Å². The number of non-ortho nitro benzene ring substituents is 1. The van der Waals surface area contributed by atoms with Crippen LogP contribution in [0, 0.1) is 10.1 Å². The third-order valence-corrected chi connectivity index (χ3v) is 6.32. The molecule has 2 aromatic carbocycles. The van der Waals surface area contributed by atoms with Crippen molar-refractivity contribution in [3.63, 3.8) is 0 Å². The Morgan fingerprint density at radius 3 is 2.46 bits per heavy atom. The Hall–Kier alpha value is -1.48. The van der Waals surface area contributed by atoms with Crippen molar-refractivity contribution in [2.24, 2.45) is 0 Å². The molecule has 0 saturated carbocycles. The van der Waals surface area contributed by atoms with Gasteiger partial charge in [-0.1, -0.05) is 38.3 Å². The number of nitrogens with zero attached hydrogens (tertiary/aromatic N) is 3. The molecular formula is C20H21Br2N3O3. The van der Waals surface area contributed by atoms with Crippen molar-refractivity contribution in [3.8, 4) is 0 Å². The number of hydrogen-bond acceptors (Lipinski definition) is 4. The first kappa shape index (κ1) is 19.8. The number of aliphatic hydroxyl groups excluding tert-OH is 1. The largest absolute Gasteiger partial charge is 0.390 e. The maximum absolute atomic E-state index is 11.8. The lowest BCUT2D eigenvalue weighted by Crippen LogP contribution is -2.38. The Balaban J connectivity index is 1.82. The third-order valence-electron chi connectivity index (χ3n) is 5.37. The Labute approximate surface area is 179 Å². The van der Waals surface area contributed by atoms with Crippen LogP contribution in [0.5, 0.6) is 0 Å². The minimum atomic E-state index is -0.594.